The van der Waals surface area contributed by atoms with Gasteiger partial charge in [-0.1, -0.05) is 17.7 Å². The van der Waals surface area contributed by atoms with Crippen LogP contribution in [0, 0.1) is 6.92 Å². The summed E-state index contributed by atoms with van der Waals surface area (Å²) in [5.41, 5.74) is 0.924. The minimum absolute atomic E-state index is 0.0168. The minimum atomic E-state index is -3.80. The van der Waals surface area contributed by atoms with Crippen molar-refractivity contribution in [1.82, 2.24) is 4.90 Å². The summed E-state index contributed by atoms with van der Waals surface area (Å²) in [5, 5.41) is 2.17. The zero-order valence-electron chi connectivity index (χ0n) is 15.2. The average molecular weight is 415 g/mol. The minimum Gasteiger partial charge on any atom is -0.343 e. The number of benzene rings is 1. The Kier molecular flexibility index (Phi) is 6.71. The van der Waals surface area contributed by atoms with Crippen molar-refractivity contribution in [2.45, 2.75) is 38.5 Å². The summed E-state index contributed by atoms with van der Waals surface area (Å²) in [6.45, 7) is 8.55. The standard InChI is InChI=1S/C18H23ClN2O3S2/c1-5-21(6-2)18(22)13(4)17-15(10-11-25-17)20-26(23,24)16-9-7-8-14(19)12(16)3/h7-11,13,20H,5-6H2,1-4H3. The predicted molar refractivity (Wildman–Crippen MR) is 108 cm³/mol. The van der Waals surface area contributed by atoms with Crippen LogP contribution in [0.15, 0.2) is 34.5 Å². The van der Waals surface area contributed by atoms with Gasteiger partial charge in [0.15, 0.2) is 0 Å². The third-order valence-corrected chi connectivity index (χ3v) is 7.30. The number of anilines is 1. The highest BCUT2D eigenvalue weighted by Gasteiger charge is 2.26. The topological polar surface area (TPSA) is 66.5 Å². The smallest absolute Gasteiger partial charge is 0.262 e. The van der Waals surface area contributed by atoms with Crippen LogP contribution in [0.4, 0.5) is 5.69 Å². The molecule has 1 aromatic carbocycles. The van der Waals surface area contributed by atoms with Crippen molar-refractivity contribution in [3.05, 3.63) is 45.1 Å². The molecule has 2 aromatic rings. The first-order chi connectivity index (χ1) is 12.2. The van der Waals surface area contributed by atoms with E-state index in [9.17, 15) is 13.2 Å². The fourth-order valence-corrected chi connectivity index (χ4v) is 5.29. The van der Waals surface area contributed by atoms with E-state index in [1.54, 1.807) is 42.3 Å². The number of carbonyl (C=O) groups excluding carboxylic acids is 1. The van der Waals surface area contributed by atoms with E-state index in [2.05, 4.69) is 4.72 Å². The Balaban J connectivity index is 2.34. The van der Waals surface area contributed by atoms with Crippen LogP contribution < -0.4 is 4.72 Å². The van der Waals surface area contributed by atoms with Crippen LogP contribution in [0.2, 0.25) is 5.02 Å². The monoisotopic (exact) mass is 414 g/mol. The van der Waals surface area contributed by atoms with Crippen molar-refractivity contribution >= 4 is 44.6 Å². The van der Waals surface area contributed by atoms with Crippen molar-refractivity contribution in [3.63, 3.8) is 0 Å². The largest absolute Gasteiger partial charge is 0.343 e. The molecule has 2 rings (SSSR count). The molecule has 1 amide bonds. The number of halogens is 1. The Morgan fingerprint density at radius 2 is 1.92 bits per heavy atom. The van der Waals surface area contributed by atoms with Gasteiger partial charge in [0.1, 0.15) is 0 Å². The number of nitrogens with one attached hydrogen (secondary N) is 1. The molecule has 0 radical (unpaired) electrons. The van der Waals surface area contributed by atoms with Crippen LogP contribution in [0.3, 0.4) is 0 Å². The van der Waals surface area contributed by atoms with Crippen LogP contribution in [0.25, 0.3) is 0 Å². The Bertz CT molecular complexity index is 890. The van der Waals surface area contributed by atoms with Crippen molar-refractivity contribution in [2.75, 3.05) is 17.8 Å². The van der Waals surface area contributed by atoms with E-state index in [4.69, 9.17) is 11.6 Å². The van der Waals surface area contributed by atoms with Crippen LogP contribution in [0.1, 0.15) is 37.1 Å². The third-order valence-electron chi connectivity index (χ3n) is 4.29. The van der Waals surface area contributed by atoms with Gasteiger partial charge in [-0.2, -0.15) is 0 Å². The molecule has 0 saturated heterocycles. The molecule has 0 saturated carbocycles. The van der Waals surface area contributed by atoms with Crippen LogP contribution in [-0.2, 0) is 14.8 Å². The van der Waals surface area contributed by atoms with Gasteiger partial charge in [0.25, 0.3) is 10.0 Å². The fraction of sp³-hybridized carbons (Fsp3) is 0.389. The normalized spacial score (nSPS) is 12.7. The van der Waals surface area contributed by atoms with Gasteiger partial charge in [-0.05, 0) is 56.8 Å². The van der Waals surface area contributed by atoms with Crippen molar-refractivity contribution in [3.8, 4) is 0 Å². The van der Waals surface area contributed by atoms with E-state index in [0.29, 0.717) is 34.2 Å². The fourth-order valence-electron chi connectivity index (χ4n) is 2.74. The van der Waals surface area contributed by atoms with E-state index in [-0.39, 0.29) is 10.8 Å². The molecule has 1 N–H and O–H groups in total. The van der Waals surface area contributed by atoms with Gasteiger partial charge in [0.05, 0.1) is 16.5 Å². The van der Waals surface area contributed by atoms with Crippen molar-refractivity contribution in [2.24, 2.45) is 0 Å². The molecule has 5 nitrogen and oxygen atoms in total. The quantitative estimate of drug-likeness (QED) is 0.726. The molecule has 0 aliphatic carbocycles. The Morgan fingerprint density at radius 3 is 2.54 bits per heavy atom. The summed E-state index contributed by atoms with van der Waals surface area (Å²) in [6, 6.07) is 6.45. The molecule has 1 heterocycles. The molecule has 0 aliphatic heterocycles. The lowest BCUT2D eigenvalue weighted by Crippen LogP contribution is -2.33. The third kappa shape index (κ3) is 4.22. The summed E-state index contributed by atoms with van der Waals surface area (Å²) in [7, 11) is -3.80. The van der Waals surface area contributed by atoms with Gasteiger partial charge in [0.2, 0.25) is 5.91 Å². The first-order valence-corrected chi connectivity index (χ1v) is 11.1. The number of sulfonamides is 1. The molecule has 26 heavy (non-hydrogen) atoms. The molecule has 8 heteroatoms. The maximum atomic E-state index is 12.8. The first kappa shape index (κ1) is 20.7. The number of hydrogen-bond donors (Lipinski definition) is 1. The number of nitrogens with zero attached hydrogens (tertiary/aromatic N) is 1. The maximum absolute atomic E-state index is 12.8. The summed E-state index contributed by atoms with van der Waals surface area (Å²) in [6.07, 6.45) is 0. The average Bonchev–Trinajstić information content (AvgIpc) is 3.04. The van der Waals surface area contributed by atoms with Crippen molar-refractivity contribution < 1.29 is 13.2 Å². The Hall–Kier alpha value is -1.57. The van der Waals surface area contributed by atoms with Gasteiger partial charge in [-0.3, -0.25) is 9.52 Å². The van der Waals surface area contributed by atoms with E-state index in [1.165, 1.54) is 17.4 Å². The van der Waals surface area contributed by atoms with E-state index in [0.717, 1.165) is 0 Å². The molecule has 0 aliphatic rings. The number of amides is 1. The number of thiophene rings is 1. The highest BCUT2D eigenvalue weighted by Crippen LogP contribution is 2.34. The van der Waals surface area contributed by atoms with Crippen LogP contribution >= 0.6 is 22.9 Å². The van der Waals surface area contributed by atoms with E-state index < -0.39 is 15.9 Å². The second-order valence-corrected chi connectivity index (χ2v) is 8.90. The van der Waals surface area contributed by atoms with E-state index >= 15 is 0 Å². The maximum Gasteiger partial charge on any atom is 0.262 e. The molecular weight excluding hydrogens is 392 g/mol. The molecule has 1 aromatic heterocycles. The first-order valence-electron chi connectivity index (χ1n) is 8.37. The molecule has 1 atom stereocenters. The summed E-state index contributed by atoms with van der Waals surface area (Å²) >= 11 is 7.42. The summed E-state index contributed by atoms with van der Waals surface area (Å²) in [5.74, 6) is -0.440. The molecule has 0 spiro atoms. The van der Waals surface area contributed by atoms with Crippen molar-refractivity contribution in [1.29, 1.82) is 0 Å². The van der Waals surface area contributed by atoms with Gasteiger partial charge in [-0.25, -0.2) is 8.42 Å². The zero-order chi connectivity index (χ0) is 19.5. The number of carbonyl (C=O) groups is 1. The Morgan fingerprint density at radius 1 is 1.27 bits per heavy atom. The lowest BCUT2D eigenvalue weighted by atomic mass is 10.1. The highest BCUT2D eigenvalue weighted by molar-refractivity contribution is 7.92. The zero-order valence-corrected chi connectivity index (χ0v) is 17.6. The lowest BCUT2D eigenvalue weighted by molar-refractivity contribution is -0.131. The second-order valence-electron chi connectivity index (χ2n) is 5.90. The summed E-state index contributed by atoms with van der Waals surface area (Å²) < 4.78 is 28.2. The van der Waals surface area contributed by atoms with E-state index in [1.807, 2.05) is 13.8 Å². The molecular formula is C18H23ClN2O3S2. The summed E-state index contributed by atoms with van der Waals surface area (Å²) in [4.78, 5) is 15.2. The Labute approximate surface area is 164 Å². The number of rotatable bonds is 7. The number of hydrogen-bond acceptors (Lipinski definition) is 4. The lowest BCUT2D eigenvalue weighted by Gasteiger charge is -2.23. The molecule has 142 valence electrons. The highest BCUT2D eigenvalue weighted by atomic mass is 35.5. The van der Waals surface area contributed by atoms with Crippen LogP contribution in [-0.4, -0.2) is 32.3 Å². The number of likely N-dealkylation sites (N-methyl/N-ethyl adjacent to an activating group) is 1. The molecule has 0 fully saturated rings. The van der Waals surface area contributed by atoms with Crippen LogP contribution in [0.5, 0.6) is 0 Å². The molecule has 1 unspecified atom stereocenters. The predicted octanol–water partition coefficient (Wildman–Crippen LogP) is 4.48. The van der Waals surface area contributed by atoms with Gasteiger partial charge in [-0.15, -0.1) is 11.3 Å². The molecule has 0 bridgehead atoms. The second kappa shape index (κ2) is 8.41. The SMILES string of the molecule is CCN(CC)C(=O)C(C)c1sccc1NS(=O)(=O)c1cccc(Cl)c1C. The van der Waals surface area contributed by atoms with Gasteiger partial charge in [0, 0.05) is 23.0 Å². The van der Waals surface area contributed by atoms with Gasteiger partial charge < -0.3 is 4.90 Å². The van der Waals surface area contributed by atoms with Gasteiger partial charge >= 0.3 is 0 Å².